The van der Waals surface area contributed by atoms with E-state index >= 15 is 0 Å². The van der Waals surface area contributed by atoms with Gasteiger partial charge in [0.1, 0.15) is 0 Å². The Hall–Kier alpha value is -2.15. The molecule has 2 N–H and O–H groups in total. The van der Waals surface area contributed by atoms with Crippen LogP contribution < -0.4 is 0 Å². The van der Waals surface area contributed by atoms with Gasteiger partial charge in [0.25, 0.3) is 0 Å². The lowest BCUT2D eigenvalue weighted by atomic mass is 9.54. The Labute approximate surface area is 204 Å². The summed E-state index contributed by atoms with van der Waals surface area (Å²) in [4.78, 5) is 12.7. The van der Waals surface area contributed by atoms with Gasteiger partial charge in [-0.25, -0.2) is 0 Å². The van der Waals surface area contributed by atoms with Gasteiger partial charge in [0, 0.05) is 17.8 Å². The summed E-state index contributed by atoms with van der Waals surface area (Å²) in [6, 6.07) is 8.89. The number of carbonyl (C=O) groups is 1. The maximum Gasteiger partial charge on any atom is 0.156 e. The van der Waals surface area contributed by atoms with E-state index in [0.717, 1.165) is 25.7 Å². The van der Waals surface area contributed by atoms with E-state index in [1.54, 1.807) is 6.92 Å². The smallest absolute Gasteiger partial charge is 0.156 e. The Balaban J connectivity index is 1.58. The molecule has 0 heterocycles. The molecular weight excluding hydrogens is 420 g/mol. The van der Waals surface area contributed by atoms with Crippen molar-refractivity contribution in [3.63, 3.8) is 0 Å². The SMILES string of the molecule is CC#CC1(O)C(O)C[C@H]2[C@@H]3CCC4=CC(=O)CC(c5ccc(C(C)(C)C)cc5)C4=C3CC[C@@]21C. The second-order valence-electron chi connectivity index (χ2n) is 12.3. The van der Waals surface area contributed by atoms with Gasteiger partial charge in [-0.2, -0.15) is 0 Å². The number of hydrogen-bond donors (Lipinski definition) is 2. The Kier molecular flexibility index (Phi) is 5.51. The van der Waals surface area contributed by atoms with Crippen molar-refractivity contribution in [2.75, 3.05) is 0 Å². The molecule has 0 radical (unpaired) electrons. The summed E-state index contributed by atoms with van der Waals surface area (Å²) in [7, 11) is 0. The van der Waals surface area contributed by atoms with Gasteiger partial charge >= 0.3 is 0 Å². The number of benzene rings is 1. The summed E-state index contributed by atoms with van der Waals surface area (Å²) in [5.74, 6) is 6.75. The van der Waals surface area contributed by atoms with Crippen molar-refractivity contribution in [3.05, 3.63) is 58.2 Å². The molecule has 34 heavy (non-hydrogen) atoms. The van der Waals surface area contributed by atoms with E-state index in [2.05, 4.69) is 63.8 Å². The van der Waals surface area contributed by atoms with Crippen LogP contribution in [-0.2, 0) is 10.2 Å². The summed E-state index contributed by atoms with van der Waals surface area (Å²) < 4.78 is 0. The third-order valence-electron chi connectivity index (χ3n) is 9.50. The molecule has 2 fully saturated rings. The molecule has 1 aromatic carbocycles. The lowest BCUT2D eigenvalue weighted by Crippen LogP contribution is -2.52. The quantitative estimate of drug-likeness (QED) is 0.538. The molecule has 0 bridgehead atoms. The molecule has 4 aliphatic carbocycles. The molecule has 1 aromatic rings. The van der Waals surface area contributed by atoms with Crippen molar-refractivity contribution >= 4 is 5.78 Å². The van der Waals surface area contributed by atoms with E-state index in [0.29, 0.717) is 18.8 Å². The van der Waals surface area contributed by atoms with E-state index in [-0.39, 0.29) is 23.0 Å². The molecule has 5 rings (SSSR count). The minimum Gasteiger partial charge on any atom is -0.389 e. The molecule has 0 aliphatic heterocycles. The molecule has 180 valence electrons. The standard InChI is InChI=1S/C31H38O3/c1-6-14-31(34)27(33)18-26-23-12-9-20-16-22(32)17-25(28(20)24(23)13-15-30(26,31)5)19-7-10-21(11-8-19)29(2,3)4/h7-8,10-11,16,23,25-27,33-34H,9,12-13,15,17-18H2,1-5H3/t23-,25?,26+,27?,30+,31?/m1/s1. The largest absolute Gasteiger partial charge is 0.389 e. The van der Waals surface area contributed by atoms with Gasteiger partial charge in [-0.05, 0) is 84.6 Å². The fraction of sp³-hybridized carbons (Fsp3) is 0.581. The van der Waals surface area contributed by atoms with Crippen LogP contribution in [0.5, 0.6) is 0 Å². The highest BCUT2D eigenvalue weighted by Gasteiger charge is 2.64. The van der Waals surface area contributed by atoms with Crippen molar-refractivity contribution in [2.24, 2.45) is 17.3 Å². The summed E-state index contributed by atoms with van der Waals surface area (Å²) in [6.07, 6.45) is 5.79. The number of hydrogen-bond acceptors (Lipinski definition) is 3. The second kappa shape index (κ2) is 7.94. The van der Waals surface area contributed by atoms with Gasteiger partial charge < -0.3 is 10.2 Å². The number of fused-ring (bicyclic) bond motifs is 4. The Morgan fingerprint density at radius 2 is 1.82 bits per heavy atom. The predicted molar refractivity (Wildman–Crippen MR) is 135 cm³/mol. The van der Waals surface area contributed by atoms with Crippen molar-refractivity contribution in [1.29, 1.82) is 0 Å². The molecule has 0 aromatic heterocycles. The summed E-state index contributed by atoms with van der Waals surface area (Å²) in [5, 5.41) is 22.4. The van der Waals surface area contributed by atoms with Crippen LogP contribution in [0, 0.1) is 29.1 Å². The van der Waals surface area contributed by atoms with E-state index < -0.39 is 17.1 Å². The third-order valence-corrected chi connectivity index (χ3v) is 9.50. The lowest BCUT2D eigenvalue weighted by Gasteiger charge is -2.51. The maximum absolute atomic E-state index is 12.7. The zero-order valence-corrected chi connectivity index (χ0v) is 21.2. The zero-order chi connectivity index (χ0) is 24.5. The van der Waals surface area contributed by atoms with Crippen molar-refractivity contribution < 1.29 is 15.0 Å². The first-order chi connectivity index (χ1) is 16.0. The topological polar surface area (TPSA) is 57.5 Å². The highest BCUT2D eigenvalue weighted by Crippen LogP contribution is 2.64. The van der Waals surface area contributed by atoms with Gasteiger partial charge in [0.15, 0.2) is 11.4 Å². The fourth-order valence-electron chi connectivity index (χ4n) is 7.57. The summed E-state index contributed by atoms with van der Waals surface area (Å²) in [6.45, 7) is 10.6. The minimum atomic E-state index is -1.34. The van der Waals surface area contributed by atoms with E-state index in [4.69, 9.17) is 0 Å². The number of aliphatic hydroxyl groups excluding tert-OH is 1. The van der Waals surface area contributed by atoms with Crippen LogP contribution in [0.2, 0.25) is 0 Å². The first kappa shape index (κ1) is 23.6. The predicted octanol–water partition coefficient (Wildman–Crippen LogP) is 5.61. The molecular formula is C31H38O3. The van der Waals surface area contributed by atoms with Crippen LogP contribution >= 0.6 is 0 Å². The van der Waals surface area contributed by atoms with Gasteiger partial charge in [0.05, 0.1) is 6.10 Å². The molecule has 2 saturated carbocycles. The van der Waals surface area contributed by atoms with Crippen LogP contribution in [0.3, 0.4) is 0 Å². The first-order valence-electron chi connectivity index (χ1n) is 12.9. The molecule has 6 atom stereocenters. The van der Waals surface area contributed by atoms with E-state index in [1.165, 1.54) is 27.8 Å². The van der Waals surface area contributed by atoms with Gasteiger partial charge in [-0.15, -0.1) is 5.92 Å². The normalized spacial score (nSPS) is 37.3. The highest BCUT2D eigenvalue weighted by molar-refractivity contribution is 5.94. The lowest BCUT2D eigenvalue weighted by molar-refractivity contribution is -0.115. The van der Waals surface area contributed by atoms with Crippen LogP contribution in [-0.4, -0.2) is 27.7 Å². The van der Waals surface area contributed by atoms with Gasteiger partial charge in [-0.3, -0.25) is 4.79 Å². The zero-order valence-electron chi connectivity index (χ0n) is 21.2. The first-order valence-corrected chi connectivity index (χ1v) is 12.9. The van der Waals surface area contributed by atoms with Crippen molar-refractivity contribution in [3.8, 4) is 11.8 Å². The second-order valence-corrected chi connectivity index (χ2v) is 12.3. The van der Waals surface area contributed by atoms with Crippen LogP contribution in [0.1, 0.15) is 90.2 Å². The van der Waals surface area contributed by atoms with Crippen molar-refractivity contribution in [1.82, 2.24) is 0 Å². The summed E-state index contributed by atoms with van der Waals surface area (Å²) in [5.41, 5.74) is 4.94. The van der Waals surface area contributed by atoms with Crippen LogP contribution in [0.4, 0.5) is 0 Å². The van der Waals surface area contributed by atoms with E-state index in [1.807, 2.05) is 6.08 Å². The molecule has 0 saturated heterocycles. The highest BCUT2D eigenvalue weighted by atomic mass is 16.3. The molecule has 3 nitrogen and oxygen atoms in total. The number of aliphatic hydroxyl groups is 2. The summed E-state index contributed by atoms with van der Waals surface area (Å²) >= 11 is 0. The van der Waals surface area contributed by atoms with Crippen LogP contribution in [0.25, 0.3) is 0 Å². The Bertz CT molecular complexity index is 1140. The molecule has 0 spiro atoms. The van der Waals surface area contributed by atoms with Crippen LogP contribution in [0.15, 0.2) is 47.1 Å². The number of rotatable bonds is 1. The number of ketones is 1. The Morgan fingerprint density at radius 1 is 1.12 bits per heavy atom. The molecule has 3 unspecified atom stereocenters. The number of carbonyl (C=O) groups excluding carboxylic acids is 1. The van der Waals surface area contributed by atoms with Gasteiger partial charge in [-0.1, -0.05) is 63.5 Å². The number of allylic oxidation sites excluding steroid dienone is 4. The molecule has 3 heteroatoms. The minimum absolute atomic E-state index is 0.0963. The fourth-order valence-corrected chi connectivity index (χ4v) is 7.57. The average Bonchev–Trinajstić information content (AvgIpc) is 2.98. The van der Waals surface area contributed by atoms with E-state index in [9.17, 15) is 15.0 Å². The molecule has 0 amide bonds. The Morgan fingerprint density at radius 3 is 2.47 bits per heavy atom. The average molecular weight is 459 g/mol. The van der Waals surface area contributed by atoms with Crippen molar-refractivity contribution in [2.45, 2.75) is 96.2 Å². The monoisotopic (exact) mass is 458 g/mol. The maximum atomic E-state index is 12.7. The molecule has 4 aliphatic rings. The third kappa shape index (κ3) is 3.37. The van der Waals surface area contributed by atoms with Gasteiger partial charge in [0.2, 0.25) is 0 Å².